The van der Waals surface area contributed by atoms with Crippen molar-refractivity contribution in [1.29, 1.82) is 5.26 Å². The topological polar surface area (TPSA) is 60.9 Å². The first-order valence-corrected chi connectivity index (χ1v) is 9.09. The van der Waals surface area contributed by atoms with Gasteiger partial charge in [-0.1, -0.05) is 23.7 Å². The largest absolute Gasteiger partial charge is 0.339 e. The molecule has 7 heteroatoms. The number of piperazine rings is 1. The van der Waals surface area contributed by atoms with E-state index in [1.807, 2.05) is 30.3 Å². The van der Waals surface area contributed by atoms with Gasteiger partial charge < -0.3 is 9.80 Å². The van der Waals surface area contributed by atoms with Crippen molar-refractivity contribution in [2.24, 2.45) is 4.99 Å². The van der Waals surface area contributed by atoms with Crippen molar-refractivity contribution in [1.82, 2.24) is 4.90 Å². The van der Waals surface area contributed by atoms with Crippen LogP contribution >= 0.6 is 23.4 Å². The van der Waals surface area contributed by atoms with Gasteiger partial charge in [-0.3, -0.25) is 4.79 Å². The first-order valence-electron chi connectivity index (χ1n) is 7.89. The summed E-state index contributed by atoms with van der Waals surface area (Å²) >= 11 is 7.32. The van der Waals surface area contributed by atoms with Crippen LogP contribution < -0.4 is 4.90 Å². The first-order chi connectivity index (χ1) is 11.7. The van der Waals surface area contributed by atoms with Gasteiger partial charge in [-0.15, -0.1) is 0 Å². The molecule has 0 radical (unpaired) electrons. The molecule has 1 aromatic carbocycles. The van der Waals surface area contributed by atoms with Crippen molar-refractivity contribution in [2.45, 2.75) is 6.42 Å². The maximum absolute atomic E-state index is 12.1. The lowest BCUT2D eigenvalue weighted by molar-refractivity contribution is -0.903. The fourth-order valence-corrected chi connectivity index (χ4v) is 3.83. The number of amidine groups is 1. The number of thioether (sulfide) groups is 1. The Morgan fingerprint density at radius 3 is 2.71 bits per heavy atom. The van der Waals surface area contributed by atoms with Crippen molar-refractivity contribution in [2.75, 3.05) is 32.7 Å². The lowest BCUT2D eigenvalue weighted by Crippen LogP contribution is -3.14. The number of hydrogen-bond acceptors (Lipinski definition) is 4. The van der Waals surface area contributed by atoms with Gasteiger partial charge in [-0.05, 0) is 35.5 Å². The third-order valence-corrected chi connectivity index (χ3v) is 5.40. The number of nitrogens with zero attached hydrogens (tertiary/aromatic N) is 3. The molecule has 2 heterocycles. The molecule has 0 atom stereocenters. The van der Waals surface area contributed by atoms with Crippen molar-refractivity contribution >= 4 is 40.5 Å². The maximum Gasteiger partial charge on any atom is 0.286 e. The van der Waals surface area contributed by atoms with E-state index in [2.05, 4.69) is 16.0 Å². The number of aliphatic imine (C=N–C) groups is 1. The summed E-state index contributed by atoms with van der Waals surface area (Å²) in [5.41, 5.74) is 0.942. The van der Waals surface area contributed by atoms with Crippen LogP contribution in [0, 0.1) is 11.3 Å². The Kier molecular flexibility index (Phi) is 5.56. The van der Waals surface area contributed by atoms with Gasteiger partial charge in [0.15, 0.2) is 5.17 Å². The smallest absolute Gasteiger partial charge is 0.286 e. The van der Waals surface area contributed by atoms with Gasteiger partial charge in [0.1, 0.15) is 0 Å². The monoisotopic (exact) mass is 361 g/mol. The standard InChI is InChI=1S/C17H17ClN4OS/c18-14-4-2-13(3-5-14)12-15-16(23)20-17(24-15)22-10-8-21(9-11-22)7-1-6-19/h2-5,12H,1,7-11H2/p+1/b15-12-. The van der Waals surface area contributed by atoms with E-state index >= 15 is 0 Å². The zero-order chi connectivity index (χ0) is 16.9. The van der Waals surface area contributed by atoms with E-state index in [0.717, 1.165) is 43.5 Å². The molecule has 0 aliphatic carbocycles. The number of quaternary nitrogens is 1. The highest BCUT2D eigenvalue weighted by atomic mass is 35.5. The molecule has 1 fully saturated rings. The predicted molar refractivity (Wildman–Crippen MR) is 96.8 cm³/mol. The van der Waals surface area contributed by atoms with Crippen LogP contribution in [0.2, 0.25) is 5.02 Å². The predicted octanol–water partition coefficient (Wildman–Crippen LogP) is 1.42. The number of nitrogens with one attached hydrogen (secondary N) is 1. The van der Waals surface area contributed by atoms with Crippen molar-refractivity contribution < 1.29 is 9.69 Å². The SMILES string of the molecule is N#CCC[NH+]1CCN(C2=NC(=O)/C(=C/c3ccc(Cl)cc3)S2)CC1. The molecule has 5 nitrogen and oxygen atoms in total. The Bertz CT molecular complexity index is 715. The number of carbonyl (C=O) groups is 1. The molecule has 24 heavy (non-hydrogen) atoms. The molecular formula is C17H18ClN4OS+. The highest BCUT2D eigenvalue weighted by molar-refractivity contribution is 8.18. The number of carbonyl (C=O) groups excluding carboxylic acids is 1. The maximum atomic E-state index is 12.1. The lowest BCUT2D eigenvalue weighted by atomic mass is 10.2. The summed E-state index contributed by atoms with van der Waals surface area (Å²) in [6.45, 7) is 4.59. The van der Waals surface area contributed by atoms with Gasteiger partial charge >= 0.3 is 0 Å². The van der Waals surface area contributed by atoms with Crippen LogP contribution in [0.5, 0.6) is 0 Å². The molecule has 2 aliphatic heterocycles. The van der Waals surface area contributed by atoms with Crippen LogP contribution in [-0.4, -0.2) is 48.7 Å². The Morgan fingerprint density at radius 1 is 1.33 bits per heavy atom. The van der Waals surface area contributed by atoms with Crippen LogP contribution in [-0.2, 0) is 4.79 Å². The summed E-state index contributed by atoms with van der Waals surface area (Å²) in [6.07, 6.45) is 2.45. The van der Waals surface area contributed by atoms with Crippen LogP contribution in [0.25, 0.3) is 6.08 Å². The van der Waals surface area contributed by atoms with Gasteiger partial charge in [0.2, 0.25) is 0 Å². The highest BCUT2D eigenvalue weighted by Gasteiger charge is 2.29. The van der Waals surface area contributed by atoms with Crippen LogP contribution in [0.1, 0.15) is 12.0 Å². The molecule has 2 aliphatic rings. The highest BCUT2D eigenvalue weighted by Crippen LogP contribution is 2.30. The van der Waals surface area contributed by atoms with Gasteiger partial charge in [0.05, 0.1) is 50.1 Å². The van der Waals surface area contributed by atoms with E-state index in [-0.39, 0.29) is 5.91 Å². The third kappa shape index (κ3) is 4.18. The van der Waals surface area contributed by atoms with Crippen LogP contribution in [0.4, 0.5) is 0 Å². The molecule has 1 N–H and O–H groups in total. The number of nitriles is 1. The molecule has 0 saturated carbocycles. The fourth-order valence-electron chi connectivity index (χ4n) is 2.74. The fraction of sp³-hybridized carbons (Fsp3) is 0.353. The molecule has 1 saturated heterocycles. The van der Waals surface area contributed by atoms with E-state index in [9.17, 15) is 4.79 Å². The second-order valence-electron chi connectivity index (χ2n) is 5.76. The van der Waals surface area contributed by atoms with Crippen LogP contribution in [0.3, 0.4) is 0 Å². The Balaban J connectivity index is 1.60. The van der Waals surface area contributed by atoms with E-state index < -0.39 is 0 Å². The number of rotatable bonds is 3. The average molecular weight is 362 g/mol. The summed E-state index contributed by atoms with van der Waals surface area (Å²) < 4.78 is 0. The van der Waals surface area contributed by atoms with Gasteiger partial charge in [0, 0.05) is 5.02 Å². The number of halogens is 1. The summed E-state index contributed by atoms with van der Waals surface area (Å²) in [5.74, 6) is -0.177. The average Bonchev–Trinajstić information content (AvgIpc) is 2.96. The molecular weight excluding hydrogens is 344 g/mol. The van der Waals surface area contributed by atoms with E-state index in [1.165, 1.54) is 16.7 Å². The molecule has 124 valence electrons. The lowest BCUT2D eigenvalue weighted by Gasteiger charge is -2.32. The zero-order valence-corrected chi connectivity index (χ0v) is 14.7. The number of amides is 1. The minimum atomic E-state index is -0.177. The third-order valence-electron chi connectivity index (χ3n) is 4.11. The normalized spacial score (nSPS) is 20.3. The zero-order valence-electron chi connectivity index (χ0n) is 13.2. The summed E-state index contributed by atoms with van der Waals surface area (Å²) in [4.78, 5) is 20.6. The Labute approximate surface area is 150 Å². The Hall–Kier alpha value is -1.81. The summed E-state index contributed by atoms with van der Waals surface area (Å²) in [5, 5.41) is 10.1. The first kappa shape index (κ1) is 17.0. The molecule has 0 unspecified atom stereocenters. The van der Waals surface area contributed by atoms with E-state index in [0.29, 0.717) is 16.3 Å². The van der Waals surface area contributed by atoms with Gasteiger partial charge in [-0.25, -0.2) is 0 Å². The second-order valence-corrected chi connectivity index (χ2v) is 7.20. The molecule has 1 aromatic rings. The molecule has 0 aromatic heterocycles. The van der Waals surface area contributed by atoms with Crippen molar-refractivity contribution in [3.63, 3.8) is 0 Å². The quantitative estimate of drug-likeness (QED) is 0.827. The van der Waals surface area contributed by atoms with Crippen molar-refractivity contribution in [3.05, 3.63) is 39.8 Å². The summed E-state index contributed by atoms with van der Waals surface area (Å²) in [7, 11) is 0. The Morgan fingerprint density at radius 2 is 2.04 bits per heavy atom. The molecule has 0 spiro atoms. The molecule has 1 amide bonds. The minimum Gasteiger partial charge on any atom is -0.339 e. The number of benzene rings is 1. The minimum absolute atomic E-state index is 0.177. The van der Waals surface area contributed by atoms with E-state index in [1.54, 1.807) is 0 Å². The van der Waals surface area contributed by atoms with Gasteiger partial charge in [0.25, 0.3) is 5.91 Å². The van der Waals surface area contributed by atoms with E-state index in [4.69, 9.17) is 16.9 Å². The van der Waals surface area contributed by atoms with Crippen LogP contribution in [0.15, 0.2) is 34.2 Å². The second kappa shape index (κ2) is 7.84. The molecule has 3 rings (SSSR count). The number of hydrogen-bond donors (Lipinski definition) is 1. The van der Waals surface area contributed by atoms with Crippen molar-refractivity contribution in [3.8, 4) is 6.07 Å². The molecule has 0 bridgehead atoms. The summed E-state index contributed by atoms with van der Waals surface area (Å²) in [6, 6.07) is 9.59. The van der Waals surface area contributed by atoms with Gasteiger partial charge in [-0.2, -0.15) is 10.3 Å².